The van der Waals surface area contributed by atoms with Crippen LogP contribution >= 0.6 is 23.2 Å². The largest absolute Gasteiger partial charge is 0.260 e. The van der Waals surface area contributed by atoms with E-state index in [1.165, 1.54) is 12.3 Å². The summed E-state index contributed by atoms with van der Waals surface area (Å²) < 4.78 is 0. The predicted octanol–water partition coefficient (Wildman–Crippen LogP) is 1.17. The summed E-state index contributed by atoms with van der Waals surface area (Å²) in [5, 5.41) is 10.0. The van der Waals surface area contributed by atoms with Gasteiger partial charge in [0.05, 0.1) is 0 Å². The lowest BCUT2D eigenvalue weighted by atomic mass is 10.6. The first kappa shape index (κ1) is 8.29. The lowest BCUT2D eigenvalue weighted by Gasteiger charge is -2.16. The Bertz CT molecular complexity index is 239. The van der Waals surface area contributed by atoms with E-state index < -0.39 is 10.7 Å². The summed E-state index contributed by atoms with van der Waals surface area (Å²) in [6.45, 7) is 0. The van der Waals surface area contributed by atoms with Gasteiger partial charge in [-0.2, -0.15) is 0 Å². The third kappa shape index (κ3) is 1.61. The second kappa shape index (κ2) is 3.06. The van der Waals surface area contributed by atoms with E-state index in [4.69, 9.17) is 23.2 Å². The van der Waals surface area contributed by atoms with Crippen LogP contribution in [0.1, 0.15) is 0 Å². The zero-order valence-corrected chi connectivity index (χ0v) is 6.66. The molecule has 1 atom stereocenters. The maximum absolute atomic E-state index is 10.2. The van der Waals surface area contributed by atoms with E-state index in [1.807, 2.05) is 0 Å². The number of halogens is 2. The maximum atomic E-state index is 10.2. The fourth-order valence-electron chi connectivity index (χ4n) is 0.573. The minimum absolute atomic E-state index is 0.0509. The molecule has 1 unspecified atom stereocenters. The highest BCUT2D eigenvalue weighted by Gasteiger charge is 2.28. The fourth-order valence-corrected chi connectivity index (χ4v) is 1.07. The van der Waals surface area contributed by atoms with Crippen molar-refractivity contribution in [2.45, 2.75) is 5.62 Å². The number of aliphatic imine (C=N–C) groups is 1. The van der Waals surface area contributed by atoms with E-state index in [9.17, 15) is 10.1 Å². The number of nitro groups is 1. The van der Waals surface area contributed by atoms with Crippen LogP contribution in [-0.4, -0.2) is 21.9 Å². The standard InChI is InChI=1S/C4H3Cl2N3O2/c5-3-1-2-7-4(6)8(3)9(10)11/h1-2,4H. The van der Waals surface area contributed by atoms with Crippen LogP contribution in [-0.2, 0) is 0 Å². The summed E-state index contributed by atoms with van der Waals surface area (Å²) in [5.41, 5.74) is -1.05. The lowest BCUT2D eigenvalue weighted by molar-refractivity contribution is -0.645. The van der Waals surface area contributed by atoms with Gasteiger partial charge in [-0.25, -0.2) is 15.1 Å². The molecule has 5 nitrogen and oxygen atoms in total. The van der Waals surface area contributed by atoms with E-state index in [2.05, 4.69) is 4.99 Å². The predicted molar refractivity (Wildman–Crippen MR) is 40.9 cm³/mol. The van der Waals surface area contributed by atoms with Gasteiger partial charge in [-0.05, 0) is 11.1 Å². The van der Waals surface area contributed by atoms with Gasteiger partial charge in [0.25, 0.3) is 5.62 Å². The molecular weight excluding hydrogens is 193 g/mol. The minimum atomic E-state index is -1.05. The van der Waals surface area contributed by atoms with Crippen LogP contribution in [0.25, 0.3) is 0 Å². The molecule has 0 aliphatic carbocycles. The fraction of sp³-hybridized carbons (Fsp3) is 0.250. The van der Waals surface area contributed by atoms with Gasteiger partial charge in [0.2, 0.25) is 0 Å². The van der Waals surface area contributed by atoms with Crippen LogP contribution in [0, 0.1) is 10.1 Å². The number of hydrogen-bond donors (Lipinski definition) is 0. The SMILES string of the molecule is O=[N+]([O-])N1C(Cl)=CC=NC1Cl. The first-order valence-corrected chi connectivity index (χ1v) is 3.41. The van der Waals surface area contributed by atoms with Gasteiger partial charge in [0.1, 0.15) is 0 Å². The van der Waals surface area contributed by atoms with Crippen molar-refractivity contribution in [1.29, 1.82) is 0 Å². The molecule has 1 rings (SSSR count). The third-order valence-corrected chi connectivity index (χ3v) is 1.61. The number of allylic oxidation sites excluding steroid dienone is 1. The molecule has 0 bridgehead atoms. The van der Waals surface area contributed by atoms with E-state index in [0.29, 0.717) is 5.01 Å². The van der Waals surface area contributed by atoms with E-state index in [1.54, 1.807) is 0 Å². The van der Waals surface area contributed by atoms with Gasteiger partial charge in [-0.1, -0.05) is 23.2 Å². The Morgan fingerprint density at radius 1 is 1.82 bits per heavy atom. The van der Waals surface area contributed by atoms with Crippen LogP contribution in [0.3, 0.4) is 0 Å². The average Bonchev–Trinajstić information content (AvgIpc) is 1.85. The van der Waals surface area contributed by atoms with Gasteiger partial charge >= 0.3 is 0 Å². The number of hydrazine groups is 1. The molecule has 1 aliphatic heterocycles. The minimum Gasteiger partial charge on any atom is -0.247 e. The molecule has 1 heterocycles. The van der Waals surface area contributed by atoms with Crippen LogP contribution in [0.5, 0.6) is 0 Å². The topological polar surface area (TPSA) is 58.7 Å². The molecular formula is C4H3Cl2N3O2. The van der Waals surface area contributed by atoms with Gasteiger partial charge < -0.3 is 0 Å². The number of alkyl halides is 1. The van der Waals surface area contributed by atoms with Crippen molar-refractivity contribution in [3.8, 4) is 0 Å². The molecule has 1 aliphatic rings. The molecule has 0 spiro atoms. The number of nitrogens with zero attached hydrogens (tertiary/aromatic N) is 3. The quantitative estimate of drug-likeness (QED) is 0.273. The first-order valence-electron chi connectivity index (χ1n) is 2.59. The molecule has 0 amide bonds. The lowest BCUT2D eigenvalue weighted by Crippen LogP contribution is -2.34. The second-order valence-electron chi connectivity index (χ2n) is 1.68. The molecule has 60 valence electrons. The van der Waals surface area contributed by atoms with Crippen LogP contribution in [0.15, 0.2) is 16.2 Å². The summed E-state index contributed by atoms with van der Waals surface area (Å²) in [6, 6.07) is 0. The van der Waals surface area contributed by atoms with Crippen molar-refractivity contribution in [2.24, 2.45) is 4.99 Å². The van der Waals surface area contributed by atoms with Crippen molar-refractivity contribution in [2.75, 3.05) is 0 Å². The highest BCUT2D eigenvalue weighted by Crippen LogP contribution is 2.19. The molecule has 0 aromatic heterocycles. The monoisotopic (exact) mass is 195 g/mol. The summed E-state index contributed by atoms with van der Waals surface area (Å²) >= 11 is 10.9. The van der Waals surface area contributed by atoms with Crippen molar-refractivity contribution < 1.29 is 5.03 Å². The molecule has 0 radical (unpaired) electrons. The normalized spacial score (nSPS) is 23.3. The second-order valence-corrected chi connectivity index (χ2v) is 2.46. The zero-order valence-electron chi connectivity index (χ0n) is 5.15. The van der Waals surface area contributed by atoms with Gasteiger partial charge in [0, 0.05) is 6.21 Å². The Labute approximate surface area is 72.0 Å². The average molecular weight is 196 g/mol. The van der Waals surface area contributed by atoms with Crippen molar-refractivity contribution in [3.63, 3.8) is 0 Å². The van der Waals surface area contributed by atoms with Crippen molar-refractivity contribution >= 4 is 29.4 Å². The van der Waals surface area contributed by atoms with Gasteiger partial charge in [-0.15, -0.1) is 0 Å². The molecule has 0 fully saturated rings. The maximum Gasteiger partial charge on any atom is 0.260 e. The smallest absolute Gasteiger partial charge is 0.247 e. The van der Waals surface area contributed by atoms with Crippen molar-refractivity contribution in [1.82, 2.24) is 5.01 Å². The molecule has 0 N–H and O–H groups in total. The van der Waals surface area contributed by atoms with Gasteiger partial charge in [-0.3, -0.25) is 0 Å². The molecule has 11 heavy (non-hydrogen) atoms. The Hall–Kier alpha value is -0.810. The molecule has 0 saturated carbocycles. The number of rotatable bonds is 1. The number of hydrogen-bond acceptors (Lipinski definition) is 3. The first-order chi connectivity index (χ1) is 5.13. The molecule has 0 aromatic carbocycles. The summed E-state index contributed by atoms with van der Waals surface area (Å²) in [6.07, 6.45) is 2.61. The van der Waals surface area contributed by atoms with E-state index >= 15 is 0 Å². The molecule has 0 saturated heterocycles. The van der Waals surface area contributed by atoms with Crippen LogP contribution in [0.2, 0.25) is 0 Å². The Balaban J connectivity index is 2.86. The Kier molecular flexibility index (Phi) is 2.31. The highest BCUT2D eigenvalue weighted by atomic mass is 35.5. The zero-order chi connectivity index (χ0) is 8.43. The molecule has 7 heteroatoms. The van der Waals surface area contributed by atoms with Crippen LogP contribution in [0.4, 0.5) is 0 Å². The van der Waals surface area contributed by atoms with Gasteiger partial charge in [0.15, 0.2) is 10.2 Å². The van der Waals surface area contributed by atoms with Crippen molar-refractivity contribution in [3.05, 3.63) is 21.3 Å². The van der Waals surface area contributed by atoms with E-state index in [0.717, 1.165) is 0 Å². The summed E-state index contributed by atoms with van der Waals surface area (Å²) in [7, 11) is 0. The summed E-state index contributed by atoms with van der Waals surface area (Å²) in [5.74, 6) is 0. The van der Waals surface area contributed by atoms with E-state index in [-0.39, 0.29) is 5.16 Å². The summed E-state index contributed by atoms with van der Waals surface area (Å²) in [4.78, 5) is 13.8. The Morgan fingerprint density at radius 3 is 2.82 bits per heavy atom. The Morgan fingerprint density at radius 2 is 2.45 bits per heavy atom. The third-order valence-electron chi connectivity index (χ3n) is 1.02. The highest BCUT2D eigenvalue weighted by molar-refractivity contribution is 6.31. The van der Waals surface area contributed by atoms with Crippen LogP contribution < -0.4 is 0 Å². The molecule has 0 aromatic rings.